The predicted octanol–water partition coefficient (Wildman–Crippen LogP) is 3.63. The second kappa shape index (κ2) is 6.91. The number of thioether (sulfide) groups is 1. The molecule has 2 aromatic rings. The fraction of sp³-hybridized carbons (Fsp3) is 0.188. The summed E-state index contributed by atoms with van der Waals surface area (Å²) >= 11 is 1.50. The predicted molar refractivity (Wildman–Crippen MR) is 84.5 cm³/mol. The number of nitrogens with one attached hydrogen (secondary N) is 1. The van der Waals surface area contributed by atoms with Crippen molar-refractivity contribution in [1.82, 2.24) is 4.98 Å². The number of nitriles is 1. The lowest BCUT2D eigenvalue weighted by molar-refractivity contribution is 0.102. The van der Waals surface area contributed by atoms with E-state index in [0.717, 1.165) is 5.75 Å². The van der Waals surface area contributed by atoms with Crippen LogP contribution >= 0.6 is 11.8 Å². The summed E-state index contributed by atoms with van der Waals surface area (Å²) in [5, 5.41) is 12.7. The molecule has 4 nitrogen and oxygen atoms in total. The Morgan fingerprint density at radius 3 is 2.71 bits per heavy atom. The number of carbonyl (C=O) groups is 1. The number of pyridine rings is 1. The van der Waals surface area contributed by atoms with Crippen molar-refractivity contribution < 1.29 is 4.79 Å². The largest absolute Gasteiger partial charge is 0.322 e. The van der Waals surface area contributed by atoms with Crippen molar-refractivity contribution in [2.24, 2.45) is 0 Å². The summed E-state index contributed by atoms with van der Waals surface area (Å²) in [5.74, 6) is 0.576. The van der Waals surface area contributed by atoms with Gasteiger partial charge < -0.3 is 5.32 Å². The Bertz CT molecular complexity index is 693. The van der Waals surface area contributed by atoms with Crippen LogP contribution in [0.2, 0.25) is 0 Å². The third-order valence-corrected chi connectivity index (χ3v) is 3.73. The molecule has 1 aromatic carbocycles. The van der Waals surface area contributed by atoms with E-state index >= 15 is 0 Å². The van der Waals surface area contributed by atoms with Gasteiger partial charge in [-0.3, -0.25) is 4.79 Å². The zero-order chi connectivity index (χ0) is 15.2. The van der Waals surface area contributed by atoms with Crippen LogP contribution in [0, 0.1) is 18.3 Å². The topological polar surface area (TPSA) is 65.8 Å². The molecule has 2 rings (SSSR count). The number of hydrogen-bond donors (Lipinski definition) is 1. The highest BCUT2D eigenvalue weighted by Gasteiger charge is 2.15. The van der Waals surface area contributed by atoms with Gasteiger partial charge in [-0.2, -0.15) is 5.26 Å². The van der Waals surface area contributed by atoms with Crippen molar-refractivity contribution in [3.63, 3.8) is 0 Å². The maximum absolute atomic E-state index is 12.3. The number of carbonyl (C=O) groups excluding carboxylic acids is 1. The van der Waals surface area contributed by atoms with Gasteiger partial charge in [0.1, 0.15) is 11.1 Å². The summed E-state index contributed by atoms with van der Waals surface area (Å²) in [6.45, 7) is 3.78. The normalized spacial score (nSPS) is 9.95. The van der Waals surface area contributed by atoms with Crippen LogP contribution in [-0.2, 0) is 0 Å². The molecule has 106 valence electrons. The molecule has 0 saturated carbocycles. The van der Waals surface area contributed by atoms with Crippen molar-refractivity contribution in [2.75, 3.05) is 11.1 Å². The standard InChI is InChI=1S/C16H15N3OS/c1-3-21-16-12(10-17)9-14(11(2)18-16)15(20)19-13-7-5-4-6-8-13/h4-9H,3H2,1-2H3,(H,19,20). The van der Waals surface area contributed by atoms with E-state index in [1.807, 2.05) is 37.3 Å². The van der Waals surface area contributed by atoms with E-state index in [2.05, 4.69) is 16.4 Å². The van der Waals surface area contributed by atoms with Crippen molar-refractivity contribution in [3.8, 4) is 6.07 Å². The smallest absolute Gasteiger partial charge is 0.257 e. The van der Waals surface area contributed by atoms with Crippen LogP contribution in [0.5, 0.6) is 0 Å². The molecule has 21 heavy (non-hydrogen) atoms. The summed E-state index contributed by atoms with van der Waals surface area (Å²) in [6, 6.07) is 12.9. The average molecular weight is 297 g/mol. The molecule has 0 spiro atoms. The van der Waals surface area contributed by atoms with Crippen LogP contribution in [-0.4, -0.2) is 16.6 Å². The zero-order valence-corrected chi connectivity index (χ0v) is 12.7. The number of benzene rings is 1. The van der Waals surface area contributed by atoms with Gasteiger partial charge in [0.25, 0.3) is 5.91 Å². The Balaban J connectivity index is 2.31. The average Bonchev–Trinajstić information content (AvgIpc) is 2.48. The molecule has 1 heterocycles. The Labute approximate surface area is 128 Å². The van der Waals surface area contributed by atoms with Gasteiger partial charge in [0.05, 0.1) is 16.8 Å². The molecule has 0 unspecified atom stereocenters. The van der Waals surface area contributed by atoms with Crippen molar-refractivity contribution in [3.05, 3.63) is 53.2 Å². The van der Waals surface area contributed by atoms with E-state index in [1.165, 1.54) is 11.8 Å². The van der Waals surface area contributed by atoms with Crippen molar-refractivity contribution in [1.29, 1.82) is 5.26 Å². The lowest BCUT2D eigenvalue weighted by Crippen LogP contribution is -2.15. The molecule has 0 bridgehead atoms. The lowest BCUT2D eigenvalue weighted by Gasteiger charge is -2.10. The molecule has 0 saturated heterocycles. The van der Waals surface area contributed by atoms with Gasteiger partial charge in [-0.15, -0.1) is 11.8 Å². The first-order valence-corrected chi connectivity index (χ1v) is 7.55. The Morgan fingerprint density at radius 1 is 1.38 bits per heavy atom. The number of hydrogen-bond acceptors (Lipinski definition) is 4. The van der Waals surface area contributed by atoms with Gasteiger partial charge in [0.15, 0.2) is 0 Å². The van der Waals surface area contributed by atoms with E-state index in [1.54, 1.807) is 13.0 Å². The molecule has 1 amide bonds. The van der Waals surface area contributed by atoms with Gasteiger partial charge in [-0.05, 0) is 30.9 Å². The van der Waals surface area contributed by atoms with E-state index in [0.29, 0.717) is 27.5 Å². The second-order valence-electron chi connectivity index (χ2n) is 4.34. The summed E-state index contributed by atoms with van der Waals surface area (Å²) in [4.78, 5) is 16.7. The van der Waals surface area contributed by atoms with Gasteiger partial charge >= 0.3 is 0 Å². The molecule has 0 radical (unpaired) electrons. The maximum atomic E-state index is 12.3. The highest BCUT2D eigenvalue weighted by molar-refractivity contribution is 7.99. The van der Waals surface area contributed by atoms with Gasteiger partial charge in [0.2, 0.25) is 0 Å². The zero-order valence-electron chi connectivity index (χ0n) is 11.9. The Hall–Kier alpha value is -2.32. The third kappa shape index (κ3) is 3.61. The van der Waals surface area contributed by atoms with Gasteiger partial charge in [-0.1, -0.05) is 25.1 Å². The highest BCUT2D eigenvalue weighted by Crippen LogP contribution is 2.23. The molecule has 1 N–H and O–H groups in total. The Morgan fingerprint density at radius 2 is 2.10 bits per heavy atom. The molecule has 5 heteroatoms. The number of aryl methyl sites for hydroxylation is 1. The SMILES string of the molecule is CCSc1nc(C)c(C(=O)Nc2ccccc2)cc1C#N. The summed E-state index contributed by atoms with van der Waals surface area (Å²) in [6.07, 6.45) is 0. The maximum Gasteiger partial charge on any atom is 0.257 e. The molecule has 0 atom stereocenters. The van der Waals surface area contributed by atoms with Crippen LogP contribution in [0.4, 0.5) is 5.69 Å². The first-order chi connectivity index (χ1) is 10.2. The minimum absolute atomic E-state index is 0.254. The van der Waals surface area contributed by atoms with Crippen LogP contribution in [0.25, 0.3) is 0 Å². The van der Waals surface area contributed by atoms with Crippen LogP contribution in [0.1, 0.15) is 28.5 Å². The number of para-hydroxylation sites is 1. The second-order valence-corrected chi connectivity index (χ2v) is 5.59. The molecular weight excluding hydrogens is 282 g/mol. The van der Waals surface area contributed by atoms with Gasteiger partial charge in [0, 0.05) is 5.69 Å². The number of anilines is 1. The van der Waals surface area contributed by atoms with Crippen LogP contribution in [0.3, 0.4) is 0 Å². The minimum Gasteiger partial charge on any atom is -0.322 e. The first kappa shape index (κ1) is 15.1. The van der Waals surface area contributed by atoms with Crippen molar-refractivity contribution >= 4 is 23.4 Å². The molecule has 0 aliphatic heterocycles. The number of nitrogens with zero attached hydrogens (tertiary/aromatic N) is 2. The highest BCUT2D eigenvalue weighted by atomic mass is 32.2. The molecule has 1 aromatic heterocycles. The fourth-order valence-corrected chi connectivity index (χ4v) is 2.59. The monoisotopic (exact) mass is 297 g/mol. The third-order valence-electron chi connectivity index (χ3n) is 2.86. The number of aromatic nitrogens is 1. The van der Waals surface area contributed by atoms with E-state index < -0.39 is 0 Å². The van der Waals surface area contributed by atoms with Crippen molar-refractivity contribution in [2.45, 2.75) is 18.9 Å². The molecule has 0 aliphatic carbocycles. The van der Waals surface area contributed by atoms with E-state index in [-0.39, 0.29) is 5.91 Å². The number of rotatable bonds is 4. The summed E-state index contributed by atoms with van der Waals surface area (Å²) < 4.78 is 0. The van der Waals surface area contributed by atoms with Gasteiger partial charge in [-0.25, -0.2) is 4.98 Å². The first-order valence-electron chi connectivity index (χ1n) is 6.56. The van der Waals surface area contributed by atoms with Crippen LogP contribution in [0.15, 0.2) is 41.4 Å². The molecule has 0 aliphatic rings. The molecule has 0 fully saturated rings. The quantitative estimate of drug-likeness (QED) is 0.875. The minimum atomic E-state index is -0.254. The number of amides is 1. The Kier molecular flexibility index (Phi) is 4.96. The van der Waals surface area contributed by atoms with E-state index in [4.69, 9.17) is 0 Å². The molecular formula is C16H15N3OS. The lowest BCUT2D eigenvalue weighted by atomic mass is 10.1. The summed E-state index contributed by atoms with van der Waals surface area (Å²) in [7, 11) is 0. The fourth-order valence-electron chi connectivity index (χ4n) is 1.86. The van der Waals surface area contributed by atoms with E-state index in [9.17, 15) is 10.1 Å². The summed E-state index contributed by atoms with van der Waals surface area (Å²) in [5.41, 5.74) is 2.20. The van der Waals surface area contributed by atoms with Crippen LogP contribution < -0.4 is 5.32 Å².